The Kier molecular flexibility index (Phi) is 4.10. The van der Waals surface area contributed by atoms with Crippen LogP contribution in [-0.2, 0) is 6.54 Å². The molecule has 0 saturated carbocycles. The highest BCUT2D eigenvalue weighted by molar-refractivity contribution is 5.81. The van der Waals surface area contributed by atoms with Crippen LogP contribution in [0.15, 0.2) is 59.7 Å². The second kappa shape index (κ2) is 6.72. The maximum atomic E-state index is 11.4. The van der Waals surface area contributed by atoms with Crippen LogP contribution in [0.2, 0.25) is 0 Å². The van der Waals surface area contributed by atoms with Gasteiger partial charge in [-0.2, -0.15) is 0 Å². The van der Waals surface area contributed by atoms with Gasteiger partial charge in [0.2, 0.25) is 5.95 Å². The average molecular weight is 347 g/mol. The fourth-order valence-corrected chi connectivity index (χ4v) is 2.74. The molecule has 130 valence electrons. The minimum Gasteiger partial charge on any atom is -0.497 e. The lowest BCUT2D eigenvalue weighted by molar-refractivity contribution is 0.414. The van der Waals surface area contributed by atoms with E-state index in [4.69, 9.17) is 4.74 Å². The topological polar surface area (TPSA) is 95.7 Å². The first-order valence-corrected chi connectivity index (χ1v) is 8.12. The molecule has 2 aromatic carbocycles. The zero-order valence-electron chi connectivity index (χ0n) is 14.1. The van der Waals surface area contributed by atoms with Crippen molar-refractivity contribution in [3.8, 4) is 16.9 Å². The Labute approximate surface area is 149 Å². The number of fused-ring (bicyclic) bond motifs is 1. The van der Waals surface area contributed by atoms with E-state index < -0.39 is 0 Å². The van der Waals surface area contributed by atoms with Gasteiger partial charge in [0.25, 0.3) is 0 Å². The monoisotopic (exact) mass is 347 g/mol. The number of anilines is 1. The number of nitrogens with zero attached hydrogens (tertiary/aromatic N) is 2. The van der Waals surface area contributed by atoms with Gasteiger partial charge in [-0.3, -0.25) is 0 Å². The van der Waals surface area contributed by atoms with Crippen LogP contribution in [0.25, 0.3) is 22.2 Å². The summed E-state index contributed by atoms with van der Waals surface area (Å²) in [6.45, 7) is 0.604. The largest absolute Gasteiger partial charge is 0.497 e. The van der Waals surface area contributed by atoms with Crippen molar-refractivity contribution in [2.45, 2.75) is 6.54 Å². The Morgan fingerprint density at radius 2 is 1.81 bits per heavy atom. The summed E-state index contributed by atoms with van der Waals surface area (Å²) in [6, 6.07) is 13.5. The van der Waals surface area contributed by atoms with Gasteiger partial charge in [0.1, 0.15) is 5.75 Å². The van der Waals surface area contributed by atoms with Gasteiger partial charge in [0.05, 0.1) is 18.1 Å². The summed E-state index contributed by atoms with van der Waals surface area (Å²) in [7, 11) is 1.65. The van der Waals surface area contributed by atoms with E-state index in [0.717, 1.165) is 33.5 Å². The summed E-state index contributed by atoms with van der Waals surface area (Å²) >= 11 is 0. The molecule has 0 amide bonds. The number of hydrogen-bond acceptors (Lipinski definition) is 5. The molecule has 0 radical (unpaired) electrons. The van der Waals surface area contributed by atoms with Gasteiger partial charge in [-0.1, -0.05) is 18.2 Å². The van der Waals surface area contributed by atoms with Crippen molar-refractivity contribution >= 4 is 17.0 Å². The minimum atomic E-state index is -0.217. The van der Waals surface area contributed by atoms with Crippen LogP contribution in [0.4, 0.5) is 5.95 Å². The van der Waals surface area contributed by atoms with Crippen LogP contribution in [0.5, 0.6) is 5.75 Å². The van der Waals surface area contributed by atoms with Crippen molar-refractivity contribution in [2.24, 2.45) is 0 Å². The number of hydrogen-bond donors (Lipinski definition) is 3. The first-order chi connectivity index (χ1) is 12.7. The standard InChI is InChI=1S/C19H17N5O2/c1-26-15-4-2-3-12(7-15)9-20-18-21-10-14(11-22-18)13-5-6-16-17(8-13)24-19(25)23-16/h2-8,10-11H,9H2,1H3,(H,20,21,22)(H2,23,24,25). The maximum absolute atomic E-state index is 11.4. The molecule has 0 atom stereocenters. The third-order valence-corrected chi connectivity index (χ3v) is 4.09. The molecule has 7 nitrogen and oxygen atoms in total. The summed E-state index contributed by atoms with van der Waals surface area (Å²) in [4.78, 5) is 25.6. The number of ether oxygens (including phenoxy) is 1. The molecular formula is C19H17N5O2. The van der Waals surface area contributed by atoms with Gasteiger partial charge in [-0.15, -0.1) is 0 Å². The molecule has 3 N–H and O–H groups in total. The Hall–Kier alpha value is -3.61. The molecular weight excluding hydrogens is 330 g/mol. The molecule has 2 heterocycles. The predicted octanol–water partition coefficient (Wildman–Crippen LogP) is 2.93. The summed E-state index contributed by atoms with van der Waals surface area (Å²) in [6.07, 6.45) is 3.51. The van der Waals surface area contributed by atoms with Gasteiger partial charge >= 0.3 is 5.69 Å². The van der Waals surface area contributed by atoms with Crippen LogP contribution in [0.1, 0.15) is 5.56 Å². The Bertz CT molecular complexity index is 1100. The SMILES string of the molecule is COc1cccc(CNc2ncc(-c3ccc4[nH]c(=O)[nH]c4c3)cn2)c1. The van der Waals surface area contributed by atoms with Gasteiger partial charge in [-0.25, -0.2) is 14.8 Å². The highest BCUT2D eigenvalue weighted by atomic mass is 16.5. The number of nitrogens with one attached hydrogen (secondary N) is 3. The average Bonchev–Trinajstić information content (AvgIpc) is 3.06. The highest BCUT2D eigenvalue weighted by Crippen LogP contribution is 2.21. The summed E-state index contributed by atoms with van der Waals surface area (Å²) in [5.41, 5.74) is 4.21. The number of aromatic nitrogens is 4. The molecule has 0 aliphatic carbocycles. The van der Waals surface area contributed by atoms with Crippen LogP contribution in [-0.4, -0.2) is 27.0 Å². The molecule has 0 bridgehead atoms. The number of benzene rings is 2. The Morgan fingerprint density at radius 3 is 2.62 bits per heavy atom. The molecule has 0 spiro atoms. The number of H-pyrrole nitrogens is 2. The normalized spacial score (nSPS) is 10.8. The first-order valence-electron chi connectivity index (χ1n) is 8.12. The van der Waals surface area contributed by atoms with Crippen molar-refractivity contribution < 1.29 is 4.74 Å². The smallest absolute Gasteiger partial charge is 0.323 e. The highest BCUT2D eigenvalue weighted by Gasteiger charge is 2.04. The van der Waals surface area contributed by atoms with Crippen LogP contribution >= 0.6 is 0 Å². The third kappa shape index (κ3) is 3.27. The van der Waals surface area contributed by atoms with E-state index in [1.165, 1.54) is 0 Å². The van der Waals surface area contributed by atoms with E-state index in [0.29, 0.717) is 12.5 Å². The molecule has 0 aliphatic rings. The summed E-state index contributed by atoms with van der Waals surface area (Å²) in [5, 5.41) is 3.19. The minimum absolute atomic E-state index is 0.217. The predicted molar refractivity (Wildman–Crippen MR) is 100 cm³/mol. The first kappa shape index (κ1) is 15.9. The lowest BCUT2D eigenvalue weighted by atomic mass is 10.1. The van der Waals surface area contributed by atoms with Crippen molar-refractivity contribution in [3.63, 3.8) is 0 Å². The number of aromatic amines is 2. The van der Waals surface area contributed by atoms with Crippen molar-refractivity contribution in [2.75, 3.05) is 12.4 Å². The van der Waals surface area contributed by atoms with Crippen LogP contribution in [0.3, 0.4) is 0 Å². The molecule has 4 aromatic rings. The molecule has 26 heavy (non-hydrogen) atoms. The zero-order valence-corrected chi connectivity index (χ0v) is 14.1. The molecule has 0 fully saturated rings. The Morgan fingerprint density at radius 1 is 1.00 bits per heavy atom. The molecule has 0 unspecified atom stereocenters. The van der Waals surface area contributed by atoms with Crippen LogP contribution < -0.4 is 15.7 Å². The second-order valence-electron chi connectivity index (χ2n) is 5.84. The molecule has 0 saturated heterocycles. The van der Waals surface area contributed by atoms with Gasteiger partial charge in [0, 0.05) is 24.5 Å². The quantitative estimate of drug-likeness (QED) is 0.516. The van der Waals surface area contributed by atoms with Crippen molar-refractivity contribution in [1.29, 1.82) is 0 Å². The van der Waals surface area contributed by atoms with E-state index in [2.05, 4.69) is 25.3 Å². The number of rotatable bonds is 5. The van der Waals surface area contributed by atoms with E-state index >= 15 is 0 Å². The van der Waals surface area contributed by atoms with E-state index in [1.807, 2.05) is 42.5 Å². The maximum Gasteiger partial charge on any atom is 0.323 e. The fourth-order valence-electron chi connectivity index (χ4n) is 2.74. The van der Waals surface area contributed by atoms with E-state index in [9.17, 15) is 4.79 Å². The van der Waals surface area contributed by atoms with Crippen molar-refractivity contribution in [3.05, 3.63) is 70.9 Å². The van der Waals surface area contributed by atoms with E-state index in [-0.39, 0.29) is 5.69 Å². The summed E-state index contributed by atoms with van der Waals surface area (Å²) in [5.74, 6) is 1.37. The fraction of sp³-hybridized carbons (Fsp3) is 0.105. The molecule has 4 rings (SSSR count). The third-order valence-electron chi connectivity index (χ3n) is 4.09. The Balaban J connectivity index is 1.49. The van der Waals surface area contributed by atoms with Gasteiger partial charge < -0.3 is 20.0 Å². The lowest BCUT2D eigenvalue weighted by Crippen LogP contribution is -2.03. The van der Waals surface area contributed by atoms with Crippen LogP contribution in [0, 0.1) is 0 Å². The van der Waals surface area contributed by atoms with E-state index in [1.54, 1.807) is 19.5 Å². The molecule has 0 aliphatic heterocycles. The molecule has 7 heteroatoms. The number of imidazole rings is 1. The summed E-state index contributed by atoms with van der Waals surface area (Å²) < 4.78 is 5.22. The lowest BCUT2D eigenvalue weighted by Gasteiger charge is -2.07. The van der Waals surface area contributed by atoms with Crippen molar-refractivity contribution in [1.82, 2.24) is 19.9 Å². The number of methoxy groups -OCH3 is 1. The molecule has 2 aromatic heterocycles. The zero-order chi connectivity index (χ0) is 17.9. The van der Waals surface area contributed by atoms with Gasteiger partial charge in [-0.05, 0) is 35.4 Å². The second-order valence-corrected chi connectivity index (χ2v) is 5.84. The van der Waals surface area contributed by atoms with Gasteiger partial charge in [0.15, 0.2) is 0 Å².